The Hall–Kier alpha value is -11.8. The van der Waals surface area contributed by atoms with E-state index in [1.54, 1.807) is 109 Å². The molecular weight excluding hydrogens is 1870 g/mol. The summed E-state index contributed by atoms with van der Waals surface area (Å²) in [5.41, 5.74) is 27.5. The molecule has 0 bridgehead atoms. The lowest BCUT2D eigenvalue weighted by molar-refractivity contribution is 0.0992. The third-order valence-corrected chi connectivity index (χ3v) is 26.7. The zero-order valence-electron chi connectivity index (χ0n) is 74.4. The molecule has 135 heavy (non-hydrogen) atoms. The highest BCUT2D eigenvalue weighted by molar-refractivity contribution is 8.00. The highest BCUT2D eigenvalue weighted by Crippen LogP contribution is 2.42. The predicted molar refractivity (Wildman–Crippen MR) is 522 cm³/mol. The number of benzene rings is 8. The average Bonchev–Trinajstić information content (AvgIpc) is 0.823. The molecule has 706 valence electrons. The van der Waals surface area contributed by atoms with E-state index in [4.69, 9.17) is 81.9 Å². The zero-order valence-corrected chi connectivity index (χ0v) is 80.0. The fourth-order valence-electron chi connectivity index (χ4n) is 14.0. The molecule has 0 saturated carbocycles. The maximum absolute atomic E-state index is 14.3. The van der Waals surface area contributed by atoms with Gasteiger partial charge in [-0.2, -0.15) is 19.9 Å². The highest BCUT2D eigenvalue weighted by atomic mass is 35.5. The maximum Gasteiger partial charge on any atom is 0.250 e. The number of halogens is 5. The Kier molecular flexibility index (Phi) is 36.6. The number of nitrogens with two attached hydrogens (primary N) is 4. The van der Waals surface area contributed by atoms with Gasteiger partial charge in [-0.05, 0) is 171 Å². The number of primary amides is 4. The van der Waals surface area contributed by atoms with Crippen molar-refractivity contribution < 1.29 is 57.5 Å². The summed E-state index contributed by atoms with van der Waals surface area (Å²) in [6, 6.07) is 48.7. The summed E-state index contributed by atoms with van der Waals surface area (Å²) in [6.45, 7) is 14.5. The van der Waals surface area contributed by atoms with Crippen molar-refractivity contribution in [2.75, 3.05) is 158 Å². The van der Waals surface area contributed by atoms with Gasteiger partial charge in [-0.25, -0.2) is 28.7 Å². The maximum atomic E-state index is 14.3. The first-order valence-corrected chi connectivity index (χ1v) is 47.3. The third-order valence-electron chi connectivity index (χ3n) is 21.8. The number of aliphatic hydroxyl groups is 3. The Morgan fingerprint density at radius 1 is 0.370 bits per heavy atom. The first-order chi connectivity index (χ1) is 65.2. The van der Waals surface area contributed by atoms with Crippen molar-refractivity contribution in [1.29, 1.82) is 0 Å². The monoisotopic (exact) mass is 1970 g/mol. The van der Waals surface area contributed by atoms with E-state index < -0.39 is 35.3 Å². The molecule has 4 saturated heterocycles. The van der Waals surface area contributed by atoms with Crippen LogP contribution in [0.4, 0.5) is 38.4 Å². The first-order valence-electron chi connectivity index (χ1n) is 42.9. The van der Waals surface area contributed by atoms with E-state index in [0.29, 0.717) is 86.2 Å². The molecule has 4 amide bonds. The summed E-state index contributed by atoms with van der Waals surface area (Å²) in [7, 11) is 8.37. The van der Waals surface area contributed by atoms with Gasteiger partial charge < -0.3 is 97.0 Å². The van der Waals surface area contributed by atoms with Crippen molar-refractivity contribution in [3.05, 3.63) is 283 Å². The van der Waals surface area contributed by atoms with Gasteiger partial charge in [-0.3, -0.25) is 19.2 Å². The topological polar surface area (TPSA) is 402 Å². The molecule has 8 aromatic carbocycles. The SMILES string of the molecule is CN1CCN(c2ncc(Sc3ccc(C(N)=O)c(Cl)c3)c(OCc3cc(CO)ccc3F)n2)CC1.CN1CCN(c2ncc(Sc3ccc(C(N)=O)c(Cl)c3)c(OCc3cc(F)cc(CO)c3)n2)CC1.CN1CCN(c2ncc(Sc3ccc(C(N)=O)c(Cl)c3)c(OCc3cccc(CO)c3)n2)CC1.CN1CCN(c2ncc(Sc3ccc(C(N)=O)cc3)c(NCc3ccccc3)n2)CC1. The molecule has 4 aromatic heterocycles. The van der Waals surface area contributed by atoms with Crippen LogP contribution in [0.25, 0.3) is 0 Å². The van der Waals surface area contributed by atoms with Gasteiger partial charge >= 0.3 is 0 Å². The molecule has 0 unspecified atom stereocenters. The molecular formula is C95H102Cl3F2N21O10S4. The molecule has 16 rings (SSSR count). The number of nitrogens with one attached hydrogen (secondary N) is 1. The van der Waals surface area contributed by atoms with Crippen LogP contribution in [0, 0.1) is 11.6 Å². The molecule has 40 heteroatoms. The second kappa shape index (κ2) is 49.1. The summed E-state index contributed by atoms with van der Waals surface area (Å²) in [5, 5.41) is 32.4. The first kappa shape index (κ1) is 101. The largest absolute Gasteiger partial charge is 0.472 e. The molecule has 8 heterocycles. The van der Waals surface area contributed by atoms with Crippen molar-refractivity contribution in [2.45, 2.75) is 85.3 Å². The van der Waals surface area contributed by atoms with Crippen molar-refractivity contribution in [1.82, 2.24) is 59.5 Å². The summed E-state index contributed by atoms with van der Waals surface area (Å²) >= 11 is 24.2. The number of aliphatic hydroxyl groups excluding tert-OH is 3. The van der Waals surface area contributed by atoms with Crippen LogP contribution in [0.2, 0.25) is 15.1 Å². The van der Waals surface area contributed by atoms with Gasteiger partial charge in [0.15, 0.2) is 0 Å². The summed E-state index contributed by atoms with van der Waals surface area (Å²) in [5.74, 6) is 1.25. The van der Waals surface area contributed by atoms with Crippen LogP contribution in [0.3, 0.4) is 0 Å². The number of hydrogen-bond acceptors (Lipinski definition) is 31. The van der Waals surface area contributed by atoms with E-state index in [9.17, 15) is 43.3 Å². The number of likely N-dealkylation sites (N-methyl/N-ethyl adjacent to an activating group) is 4. The van der Waals surface area contributed by atoms with E-state index in [2.05, 4.69) is 115 Å². The molecule has 4 aliphatic rings. The number of amides is 4. The number of carbonyl (C=O) groups excluding carboxylic acids is 4. The minimum absolute atomic E-state index is 0.0297. The molecule has 4 fully saturated rings. The van der Waals surface area contributed by atoms with Crippen molar-refractivity contribution in [2.24, 2.45) is 22.9 Å². The van der Waals surface area contributed by atoms with Gasteiger partial charge in [0.1, 0.15) is 37.3 Å². The predicted octanol–water partition coefficient (Wildman–Crippen LogP) is 13.0. The third kappa shape index (κ3) is 29.1. The van der Waals surface area contributed by atoms with Crippen molar-refractivity contribution in [3.8, 4) is 17.6 Å². The Bertz CT molecular complexity index is 6100. The quantitative estimate of drug-likeness (QED) is 0.0200. The van der Waals surface area contributed by atoms with Gasteiger partial charge in [0.25, 0.3) is 0 Å². The summed E-state index contributed by atoms with van der Waals surface area (Å²) < 4.78 is 46.4. The molecule has 0 atom stereocenters. The molecule has 12 aromatic rings. The number of hydrogen-bond donors (Lipinski definition) is 8. The number of ether oxygens (including phenoxy) is 3. The highest BCUT2D eigenvalue weighted by Gasteiger charge is 2.27. The second-order valence-corrected chi connectivity index (χ2v) is 37.5. The minimum Gasteiger partial charge on any atom is -0.472 e. The molecule has 0 spiro atoms. The van der Waals surface area contributed by atoms with Gasteiger partial charge in [0.05, 0.1) is 89.8 Å². The standard InChI is InChI=1S/2C24H25ClFN5O3S.C24H26ClN5O3S.C23H26N6OS/c1-30-6-8-31(9-7-30)24-28-12-21(35-17-3-4-18(22(27)33)19(25)11-17)23(29-24)34-14-16-10-15(13-32)2-5-20(16)26;1-30-4-6-31(7-5-30)24-28-12-21(35-18-2-3-19(22(27)33)20(25)11-18)23(29-24)34-14-16-8-15(13-32)9-17(26)10-16;1-29-7-9-30(10-8-29)24-27-13-21(34-18-5-6-19(22(26)32)20(25)12-18)23(28-24)33-15-17-4-2-3-16(11-17)14-31;1-28-11-13-29(14-12-28)23-26-16-20(31-19-9-7-18(8-10-19)21(24)30)22(27-23)25-15-17-5-3-2-4-6-17/h2-5,10-12,32H,6-9,13-14H2,1H3,(H2,27,33);2-3,8-12,32H,4-7,13-14H2,1H3,(H2,27,33);2-6,11-13,31H,7-10,14-15H2,1H3,(H2,26,32);2-10,16H,11-15H2,1H3,(H2,24,30)(H,25,26,27). The number of anilines is 5. The zero-order chi connectivity index (χ0) is 95.6. The fraction of sp³-hybridized carbons (Fsp3) is 0.284. The van der Waals surface area contributed by atoms with E-state index in [0.717, 1.165) is 157 Å². The Labute approximate surface area is 812 Å². The molecule has 31 nitrogen and oxygen atoms in total. The van der Waals surface area contributed by atoms with Gasteiger partial charge in [0, 0.05) is 148 Å². The van der Waals surface area contributed by atoms with Crippen LogP contribution in [0.1, 0.15) is 80.4 Å². The number of piperazine rings is 4. The van der Waals surface area contributed by atoms with Crippen LogP contribution >= 0.6 is 81.9 Å². The van der Waals surface area contributed by atoms with Gasteiger partial charge in [-0.1, -0.05) is 143 Å². The van der Waals surface area contributed by atoms with Crippen LogP contribution < -0.4 is 62.1 Å². The van der Waals surface area contributed by atoms with Gasteiger partial charge in [0.2, 0.25) is 65.1 Å². The minimum atomic E-state index is -0.609. The van der Waals surface area contributed by atoms with Gasteiger partial charge in [-0.15, -0.1) is 0 Å². The van der Waals surface area contributed by atoms with E-state index in [1.807, 2.05) is 60.8 Å². The Morgan fingerprint density at radius 2 is 0.726 bits per heavy atom. The average molecular weight is 1970 g/mol. The lowest BCUT2D eigenvalue weighted by Gasteiger charge is -2.32. The molecule has 4 aliphatic heterocycles. The number of rotatable bonds is 31. The second-order valence-electron chi connectivity index (χ2n) is 31.8. The molecule has 0 radical (unpaired) electrons. The van der Waals surface area contributed by atoms with Crippen molar-refractivity contribution >= 4 is 135 Å². The Morgan fingerprint density at radius 3 is 1.13 bits per heavy atom. The molecule has 0 aliphatic carbocycles. The van der Waals surface area contributed by atoms with Crippen LogP contribution in [-0.2, 0) is 46.2 Å². The van der Waals surface area contributed by atoms with Crippen LogP contribution in [-0.4, -0.2) is 231 Å². The van der Waals surface area contributed by atoms with E-state index in [1.165, 1.54) is 65.1 Å². The van der Waals surface area contributed by atoms with E-state index in [-0.39, 0.29) is 64.8 Å². The number of nitrogens with zero attached hydrogens (tertiary/aromatic N) is 16. The summed E-state index contributed by atoms with van der Waals surface area (Å²) in [4.78, 5) is 107. The van der Waals surface area contributed by atoms with Crippen molar-refractivity contribution in [3.63, 3.8) is 0 Å². The molecule has 12 N–H and O–H groups in total. The van der Waals surface area contributed by atoms with Crippen LogP contribution in [0.5, 0.6) is 17.6 Å². The normalized spacial score (nSPS) is 14.3. The smallest absolute Gasteiger partial charge is 0.250 e. The fourth-order valence-corrected chi connectivity index (χ4v) is 18.5. The number of aromatic nitrogens is 8. The van der Waals surface area contributed by atoms with E-state index >= 15 is 0 Å². The lowest BCUT2D eigenvalue weighted by atomic mass is 10.1. The summed E-state index contributed by atoms with van der Waals surface area (Å²) in [6.07, 6.45) is 6.97. The van der Waals surface area contributed by atoms with Crippen LogP contribution in [0.15, 0.2) is 234 Å². The Balaban J connectivity index is 0.000000153. The lowest BCUT2D eigenvalue weighted by Crippen LogP contribution is -2.45. The number of carbonyl (C=O) groups is 4.